The molecule has 1 heterocycles. The highest BCUT2D eigenvalue weighted by Gasteiger charge is 2.48. The molecule has 0 spiro atoms. The first-order chi connectivity index (χ1) is 31.4. The lowest BCUT2D eigenvalue weighted by Crippen LogP contribution is -2.58. The van der Waals surface area contributed by atoms with Crippen molar-refractivity contribution in [1.82, 2.24) is 19.9 Å². The Hall–Kier alpha value is -5.03. The summed E-state index contributed by atoms with van der Waals surface area (Å²) in [7, 11) is -1.45. The van der Waals surface area contributed by atoms with E-state index in [-0.39, 0.29) is 59.2 Å². The van der Waals surface area contributed by atoms with Gasteiger partial charge in [0.1, 0.15) is 18.5 Å². The first-order valence-electron chi connectivity index (χ1n) is 23.4. The number of nitrogens with zero attached hydrogens (tertiary/aromatic N) is 3. The van der Waals surface area contributed by atoms with Crippen LogP contribution in [0.5, 0.6) is 0 Å². The molecule has 0 saturated carbocycles. The number of para-hydroxylation sites is 1. The zero-order chi connectivity index (χ0) is 49.9. The maximum absolute atomic E-state index is 14.1. The fourth-order valence-corrected chi connectivity index (χ4v) is 10.2. The zero-order valence-electron chi connectivity index (χ0n) is 42.1. The molecule has 67 heavy (non-hydrogen) atoms. The van der Waals surface area contributed by atoms with Crippen LogP contribution in [0.1, 0.15) is 103 Å². The number of hydrogen-bond acceptors (Lipinski definition) is 10. The van der Waals surface area contributed by atoms with Crippen molar-refractivity contribution < 1.29 is 42.4 Å². The molecule has 1 aromatic heterocycles. The van der Waals surface area contributed by atoms with Crippen LogP contribution in [-0.4, -0.2) is 100 Å². The Kier molecular flexibility index (Phi) is 19.0. The highest BCUT2D eigenvalue weighted by molar-refractivity contribution is 6.75. The van der Waals surface area contributed by atoms with Gasteiger partial charge in [-0.25, -0.2) is 14.8 Å². The van der Waals surface area contributed by atoms with Gasteiger partial charge in [0.25, 0.3) is 5.91 Å². The van der Waals surface area contributed by atoms with E-state index < -0.39 is 34.9 Å². The predicted molar refractivity (Wildman–Crippen MR) is 267 cm³/mol. The quantitative estimate of drug-likeness (QED) is 0.0485. The highest BCUT2D eigenvalue weighted by Crippen LogP contribution is 2.45. The van der Waals surface area contributed by atoms with Crippen molar-refractivity contribution >= 4 is 57.3 Å². The van der Waals surface area contributed by atoms with Gasteiger partial charge >= 0.3 is 12.2 Å². The molecule has 0 aliphatic heterocycles. The van der Waals surface area contributed by atoms with Crippen LogP contribution in [0.25, 0.3) is 22.0 Å². The number of carbonyl (C=O) groups excluding carboxylic acids is 6. The Morgan fingerprint density at radius 3 is 1.84 bits per heavy atom. The van der Waals surface area contributed by atoms with E-state index >= 15 is 0 Å². The molecule has 1 aliphatic carbocycles. The minimum Gasteiger partial charge on any atom is -0.447 e. The highest BCUT2D eigenvalue weighted by atomic mass is 28.4. The van der Waals surface area contributed by atoms with E-state index in [0.717, 1.165) is 27.7 Å². The van der Waals surface area contributed by atoms with E-state index in [2.05, 4.69) is 114 Å². The summed E-state index contributed by atoms with van der Waals surface area (Å²) in [6, 6.07) is 26.7. The number of nitrogens with one attached hydrogen (secondary N) is 1. The van der Waals surface area contributed by atoms with E-state index in [1.54, 1.807) is 7.05 Å². The second-order valence-corrected chi connectivity index (χ2v) is 30.1. The van der Waals surface area contributed by atoms with Gasteiger partial charge in [-0.2, -0.15) is 9.59 Å². The summed E-state index contributed by atoms with van der Waals surface area (Å²) < 4.78 is 21.6. The molecule has 15 heteroatoms. The van der Waals surface area contributed by atoms with Crippen LogP contribution in [0.4, 0.5) is 4.79 Å². The lowest BCUT2D eigenvalue weighted by atomic mass is 9.98. The smallest absolute Gasteiger partial charge is 0.424 e. The first kappa shape index (κ1) is 54.6. The summed E-state index contributed by atoms with van der Waals surface area (Å²) >= 11 is 0. The van der Waals surface area contributed by atoms with Gasteiger partial charge in [0.2, 0.25) is 0 Å². The van der Waals surface area contributed by atoms with Crippen molar-refractivity contribution in [1.29, 1.82) is 0 Å². The molecule has 5 rings (SSSR count). The Morgan fingerprint density at radius 2 is 1.28 bits per heavy atom. The number of ketones is 2. The number of carbonyl (C=O) groups is 4. The van der Waals surface area contributed by atoms with Crippen LogP contribution in [0.2, 0.25) is 36.3 Å². The third-order valence-corrected chi connectivity index (χ3v) is 22.7. The Bertz CT molecular complexity index is 2330. The number of hydrazine groups is 1. The van der Waals surface area contributed by atoms with Crippen LogP contribution >= 0.6 is 0 Å². The Morgan fingerprint density at radius 1 is 0.761 bits per heavy atom. The topological polar surface area (TPSA) is 154 Å². The van der Waals surface area contributed by atoms with Gasteiger partial charge < -0.3 is 23.5 Å². The van der Waals surface area contributed by atoms with Gasteiger partial charge in [-0.05, 0) is 88.9 Å². The average Bonchev–Trinajstić information content (AvgIpc) is 3.78. The fraction of sp³-hybridized carbons (Fsp3) is 0.519. The molecule has 0 unspecified atom stereocenters. The van der Waals surface area contributed by atoms with Gasteiger partial charge in [-0.3, -0.25) is 14.4 Å². The number of aryl methyl sites for hydroxylation is 1. The average molecular weight is 955 g/mol. The molecule has 2 atom stereocenters. The number of Topliss-reactive ketones (excluding diaryl/α,β-unsaturated/α-hetero) is 2. The van der Waals surface area contributed by atoms with Crippen LogP contribution in [0, 0.1) is 0 Å². The number of ether oxygens (including phenoxy) is 1. The normalized spacial score (nSPS) is 13.8. The summed E-state index contributed by atoms with van der Waals surface area (Å²) in [6.45, 7) is 24.4. The number of aromatic nitrogens is 1. The maximum Gasteiger partial charge on any atom is 0.424 e. The van der Waals surface area contributed by atoms with E-state index in [1.807, 2.05) is 61.4 Å². The largest absolute Gasteiger partial charge is 0.447 e. The second-order valence-electron chi connectivity index (χ2n) is 20.6. The molecule has 1 aliphatic rings. The van der Waals surface area contributed by atoms with Crippen molar-refractivity contribution in [2.24, 2.45) is 0 Å². The van der Waals surface area contributed by atoms with Crippen molar-refractivity contribution in [3.05, 3.63) is 95.7 Å². The lowest BCUT2D eigenvalue weighted by molar-refractivity contribution is -0.191. The van der Waals surface area contributed by atoms with Gasteiger partial charge in [0, 0.05) is 63.6 Å². The molecule has 2 amide bonds. The lowest BCUT2D eigenvalue weighted by Gasteiger charge is -2.44. The molecular weight excluding hydrogens is 881 g/mol. The SMILES string of the molecule is CCCC(=O)[C@@H](O[Si](C)(C)C(C)(C)C)[C@@H](O[Si](C)(C)C(C)(C)C)C(=O)NCCCC(=O)CCn1c(CN(C)N(C)C(=O)OCC2c3ccccc3-c3ccccc32)cc2ccccc21.O=C=O. The Labute approximate surface area is 400 Å². The molecule has 13 nitrogen and oxygen atoms in total. The number of benzene rings is 3. The van der Waals surface area contributed by atoms with Gasteiger partial charge in [0.15, 0.2) is 28.5 Å². The van der Waals surface area contributed by atoms with Crippen molar-refractivity contribution in [3.63, 3.8) is 0 Å². The number of hydrogen-bond donors (Lipinski definition) is 1. The van der Waals surface area contributed by atoms with E-state index in [1.165, 1.54) is 16.1 Å². The fourth-order valence-electron chi connectivity index (χ4n) is 7.72. The molecule has 0 radical (unpaired) electrons. The summed E-state index contributed by atoms with van der Waals surface area (Å²) in [5.41, 5.74) is 6.64. The molecule has 1 N–H and O–H groups in total. The summed E-state index contributed by atoms with van der Waals surface area (Å²) in [6.07, 6.45) is -0.335. The van der Waals surface area contributed by atoms with Gasteiger partial charge in [-0.15, -0.1) is 0 Å². The van der Waals surface area contributed by atoms with Gasteiger partial charge in [-0.1, -0.05) is 115 Å². The van der Waals surface area contributed by atoms with Crippen molar-refractivity contribution in [3.8, 4) is 11.1 Å². The zero-order valence-corrected chi connectivity index (χ0v) is 44.1. The summed E-state index contributed by atoms with van der Waals surface area (Å²) in [4.78, 5) is 71.1. The maximum atomic E-state index is 14.1. The third-order valence-electron chi connectivity index (χ3n) is 13.7. The molecule has 0 saturated heterocycles. The Balaban J connectivity index is 0.00000318. The number of amides is 2. The van der Waals surface area contributed by atoms with Crippen LogP contribution in [0.3, 0.4) is 0 Å². The minimum absolute atomic E-state index is 0.0368. The van der Waals surface area contributed by atoms with Crippen LogP contribution in [0.15, 0.2) is 78.9 Å². The standard InChI is InChI=1S/C51H74N4O7Si2.CO2/c1-14-22-45(57)46(61-63(10,11)50(2,3)4)47(62-64(12,13)51(5,6)7)48(58)52-31-21-24-38(56)30-32-55-37(33-36-23-15-20-29-44(36)55)34-53(8)54(9)49(59)60-35-43-41-27-18-16-25-39(41)40-26-17-19-28-42(40)43;2-1-3/h15-20,23,25-29,33,43,46-47H,14,21-22,24,30-32,34-35H2,1-13H3,(H,52,58);/t46-,47-;/m1./s1. The molecule has 0 fully saturated rings. The number of rotatable bonds is 21. The van der Waals surface area contributed by atoms with E-state index in [9.17, 15) is 19.2 Å². The third kappa shape index (κ3) is 13.8. The minimum atomic E-state index is -2.53. The first-order valence-corrected chi connectivity index (χ1v) is 29.2. The predicted octanol–water partition coefficient (Wildman–Crippen LogP) is 10.3. The second kappa shape index (κ2) is 23.3. The summed E-state index contributed by atoms with van der Waals surface area (Å²) in [5.74, 6) is -0.451. The van der Waals surface area contributed by atoms with E-state index in [4.69, 9.17) is 23.2 Å². The van der Waals surface area contributed by atoms with Crippen LogP contribution in [-0.2, 0) is 50.7 Å². The van der Waals surface area contributed by atoms with Gasteiger partial charge in [0.05, 0.1) is 6.54 Å². The molecular formula is C52H74N4O9Si2. The number of fused-ring (bicyclic) bond motifs is 4. The molecule has 3 aromatic carbocycles. The molecule has 0 bridgehead atoms. The van der Waals surface area contributed by atoms with Crippen LogP contribution < -0.4 is 5.32 Å². The molecule has 364 valence electrons. The van der Waals surface area contributed by atoms with Crippen molar-refractivity contribution in [2.45, 2.75) is 148 Å². The molecule has 4 aromatic rings. The van der Waals surface area contributed by atoms with E-state index in [0.29, 0.717) is 38.8 Å². The summed E-state index contributed by atoms with van der Waals surface area (Å²) in [5, 5.41) is 7.02. The van der Waals surface area contributed by atoms with Crippen molar-refractivity contribution in [2.75, 3.05) is 27.2 Å². The monoisotopic (exact) mass is 954 g/mol.